The van der Waals surface area contributed by atoms with E-state index in [1.165, 1.54) is 98.7 Å². The second-order valence-electron chi connectivity index (χ2n) is 18.6. The van der Waals surface area contributed by atoms with E-state index in [9.17, 15) is 0 Å². The van der Waals surface area contributed by atoms with Crippen LogP contribution in [0.5, 0.6) is 0 Å². The van der Waals surface area contributed by atoms with E-state index in [4.69, 9.17) is 0 Å². The highest BCUT2D eigenvalue weighted by atomic mass is 28.3. The van der Waals surface area contributed by atoms with Gasteiger partial charge in [-0.15, -0.1) is 0 Å². The monoisotopic (exact) mass is 830 g/mol. The van der Waals surface area contributed by atoms with Crippen LogP contribution in [0.15, 0.2) is 194 Å². The first-order chi connectivity index (χ1) is 30.0. The lowest BCUT2D eigenvalue weighted by Gasteiger charge is -2.27. The van der Waals surface area contributed by atoms with Crippen molar-refractivity contribution in [3.63, 3.8) is 0 Å². The van der Waals surface area contributed by atoms with Gasteiger partial charge in [-0.3, -0.25) is 0 Å². The molecule has 0 spiro atoms. The van der Waals surface area contributed by atoms with Gasteiger partial charge in [-0.2, -0.15) is 0 Å². The molecule has 0 aromatic heterocycles. The van der Waals surface area contributed by atoms with Crippen molar-refractivity contribution in [3.05, 3.63) is 216 Å². The minimum Gasteiger partial charge on any atom is -0.0656 e. The molecule has 0 saturated heterocycles. The minimum absolute atomic E-state index is 1.19. The molecule has 62 heavy (non-hydrogen) atoms. The second-order valence-corrected chi connectivity index (χ2v) is 28.7. The lowest BCUT2D eigenvalue weighted by molar-refractivity contribution is 1.60. The number of benzene rings is 9. The molecule has 0 atom stereocenters. The van der Waals surface area contributed by atoms with Gasteiger partial charge in [-0.25, -0.2) is 0 Å². The Kier molecular flexibility index (Phi) is 11.2. The molecule has 9 aromatic carbocycles. The SMILES string of the molecule is C[Si](C)(C)c1ccccc1-c1c2ccc(-c3ccc(C=Cc4ccccc4)cc3)cc2c(-c2ccccc2[Si](C)(C)C)c2ccc(-c3ccc(C=Cc4ccccc4)cc3)cc12. The maximum atomic E-state index is 2.48. The van der Waals surface area contributed by atoms with Gasteiger partial charge in [0.15, 0.2) is 0 Å². The first kappa shape index (κ1) is 40.8. The smallest absolute Gasteiger partial charge is 0.0656 e. The Morgan fingerprint density at radius 1 is 0.274 bits per heavy atom. The van der Waals surface area contributed by atoms with Gasteiger partial charge in [0.1, 0.15) is 0 Å². The molecule has 0 saturated carbocycles. The Hall–Kier alpha value is -6.59. The summed E-state index contributed by atoms with van der Waals surface area (Å²) in [7, 11) is -3.53. The molecule has 0 nitrogen and oxygen atoms in total. The fourth-order valence-electron chi connectivity index (χ4n) is 8.96. The Morgan fingerprint density at radius 2 is 0.581 bits per heavy atom. The topological polar surface area (TPSA) is 0 Å². The third-order valence-electron chi connectivity index (χ3n) is 12.1. The predicted molar refractivity (Wildman–Crippen MR) is 280 cm³/mol. The molecule has 0 radical (unpaired) electrons. The van der Waals surface area contributed by atoms with Crippen LogP contribution in [0.3, 0.4) is 0 Å². The van der Waals surface area contributed by atoms with Gasteiger partial charge in [0.2, 0.25) is 0 Å². The van der Waals surface area contributed by atoms with Crippen molar-refractivity contribution in [3.8, 4) is 44.5 Å². The normalized spacial score (nSPS) is 12.2. The lowest BCUT2D eigenvalue weighted by atomic mass is 9.83. The summed E-state index contributed by atoms with van der Waals surface area (Å²) < 4.78 is 0. The maximum Gasteiger partial charge on any atom is 0.0784 e. The van der Waals surface area contributed by atoms with Crippen molar-refractivity contribution in [1.82, 2.24) is 0 Å². The van der Waals surface area contributed by atoms with Crippen LogP contribution in [0.1, 0.15) is 22.3 Å². The zero-order chi connectivity index (χ0) is 42.8. The molecule has 2 heteroatoms. The third-order valence-corrected chi connectivity index (χ3v) is 16.3. The molecule has 0 bridgehead atoms. The van der Waals surface area contributed by atoms with Crippen molar-refractivity contribution in [2.24, 2.45) is 0 Å². The van der Waals surface area contributed by atoms with Crippen LogP contribution in [0, 0.1) is 0 Å². The highest BCUT2D eigenvalue weighted by Crippen LogP contribution is 2.46. The summed E-state index contributed by atoms with van der Waals surface area (Å²) in [6, 6.07) is 72.1. The average molecular weight is 831 g/mol. The van der Waals surface area contributed by atoms with Crippen molar-refractivity contribution in [2.75, 3.05) is 0 Å². The highest BCUT2D eigenvalue weighted by Gasteiger charge is 2.27. The maximum absolute atomic E-state index is 2.48. The molecule has 0 N–H and O–H groups in total. The van der Waals surface area contributed by atoms with Crippen LogP contribution >= 0.6 is 0 Å². The van der Waals surface area contributed by atoms with Gasteiger partial charge in [0, 0.05) is 0 Å². The van der Waals surface area contributed by atoms with E-state index in [2.05, 4.69) is 258 Å². The van der Waals surface area contributed by atoms with Gasteiger partial charge < -0.3 is 0 Å². The van der Waals surface area contributed by atoms with E-state index >= 15 is 0 Å². The molecule has 302 valence electrons. The van der Waals surface area contributed by atoms with Crippen molar-refractivity contribution < 1.29 is 0 Å². The second kappa shape index (κ2) is 17.1. The summed E-state index contributed by atoms with van der Waals surface area (Å²) in [6.45, 7) is 14.9. The van der Waals surface area contributed by atoms with Crippen molar-refractivity contribution in [2.45, 2.75) is 39.3 Å². The molecule has 0 aliphatic carbocycles. The van der Waals surface area contributed by atoms with E-state index in [-0.39, 0.29) is 0 Å². The highest BCUT2D eigenvalue weighted by molar-refractivity contribution is 6.90. The fraction of sp³-hybridized carbons (Fsp3) is 0.100. The van der Waals surface area contributed by atoms with Gasteiger partial charge in [-0.05, 0) is 100 Å². The summed E-state index contributed by atoms with van der Waals surface area (Å²) in [6.07, 6.45) is 8.77. The summed E-state index contributed by atoms with van der Waals surface area (Å²) in [5, 5.41) is 8.18. The molecular formula is C60H54Si2. The number of hydrogen-bond acceptors (Lipinski definition) is 0. The van der Waals surface area contributed by atoms with Gasteiger partial charge in [0.25, 0.3) is 0 Å². The summed E-state index contributed by atoms with van der Waals surface area (Å²) in [5.41, 5.74) is 15.0. The van der Waals surface area contributed by atoms with E-state index in [1.807, 2.05) is 0 Å². The van der Waals surface area contributed by atoms with E-state index in [0.717, 1.165) is 0 Å². The molecule has 0 heterocycles. The largest absolute Gasteiger partial charge is 0.0784 e. The van der Waals surface area contributed by atoms with Crippen LogP contribution in [0.4, 0.5) is 0 Å². The van der Waals surface area contributed by atoms with Crippen LogP contribution in [0.25, 0.3) is 90.4 Å². The quantitative estimate of drug-likeness (QED) is 0.0732. The molecule has 0 unspecified atom stereocenters. The van der Waals surface area contributed by atoms with Crippen LogP contribution in [-0.2, 0) is 0 Å². The molecule has 0 aliphatic heterocycles. The van der Waals surface area contributed by atoms with Crippen molar-refractivity contribution in [1.29, 1.82) is 0 Å². The lowest BCUT2D eigenvalue weighted by Crippen LogP contribution is -2.39. The van der Waals surface area contributed by atoms with E-state index < -0.39 is 16.1 Å². The molecule has 9 rings (SSSR count). The zero-order valence-electron chi connectivity index (χ0n) is 36.8. The van der Waals surface area contributed by atoms with Crippen molar-refractivity contribution >= 4 is 72.4 Å². The summed E-state index contributed by atoms with van der Waals surface area (Å²) in [5.74, 6) is 0. The van der Waals surface area contributed by atoms with Crippen LogP contribution in [-0.4, -0.2) is 16.1 Å². The number of hydrogen-bond donors (Lipinski definition) is 0. The Bertz CT molecular complexity index is 2870. The number of fused-ring (bicyclic) bond motifs is 2. The van der Waals surface area contributed by atoms with Gasteiger partial charge in [-0.1, -0.05) is 256 Å². The Morgan fingerprint density at radius 3 is 0.935 bits per heavy atom. The van der Waals surface area contributed by atoms with Gasteiger partial charge >= 0.3 is 0 Å². The standard InChI is InChI=1S/C60H54Si2/c1-61(2,3)57-23-15-13-21-53(57)59-51-39-37-50(48-35-31-46(32-36-48)28-26-44-19-11-8-12-20-44)42-56(51)60(54-22-14-16-24-58(54)62(4,5)6)52-40-38-49(41-55(52)59)47-33-29-45(30-34-47)27-25-43-17-9-7-10-18-43/h7-42H,1-6H3. The summed E-state index contributed by atoms with van der Waals surface area (Å²) >= 11 is 0. The van der Waals surface area contributed by atoms with E-state index in [0.29, 0.717) is 0 Å². The Balaban J connectivity index is 1.28. The fourth-order valence-corrected chi connectivity index (χ4v) is 12.2. The number of rotatable bonds is 10. The first-order valence-corrected chi connectivity index (χ1v) is 28.9. The Labute approximate surface area is 370 Å². The molecular weight excluding hydrogens is 777 g/mol. The molecule has 9 aromatic rings. The van der Waals surface area contributed by atoms with Crippen LogP contribution in [0.2, 0.25) is 39.3 Å². The molecule has 0 amide bonds. The predicted octanol–water partition coefficient (Wildman–Crippen LogP) is 16.1. The zero-order valence-corrected chi connectivity index (χ0v) is 38.8. The first-order valence-electron chi connectivity index (χ1n) is 21.9. The molecule has 0 fully saturated rings. The van der Waals surface area contributed by atoms with E-state index in [1.54, 1.807) is 0 Å². The summed E-state index contributed by atoms with van der Waals surface area (Å²) in [4.78, 5) is 0. The minimum atomic E-state index is -1.77. The van der Waals surface area contributed by atoms with Gasteiger partial charge in [0.05, 0.1) is 16.1 Å². The van der Waals surface area contributed by atoms with Crippen LogP contribution < -0.4 is 10.4 Å². The average Bonchev–Trinajstić information content (AvgIpc) is 3.29. The third kappa shape index (κ3) is 8.50. The molecule has 0 aliphatic rings.